The van der Waals surface area contributed by atoms with Crippen molar-refractivity contribution in [2.24, 2.45) is 0 Å². The van der Waals surface area contributed by atoms with E-state index in [9.17, 15) is 26.4 Å². The van der Waals surface area contributed by atoms with Crippen molar-refractivity contribution in [2.45, 2.75) is 18.0 Å². The minimum atomic E-state index is -4.57. The summed E-state index contributed by atoms with van der Waals surface area (Å²) in [6.45, 7) is 2.11. The first kappa shape index (κ1) is 18.3. The lowest BCUT2D eigenvalue weighted by Gasteiger charge is -2.10. The summed E-state index contributed by atoms with van der Waals surface area (Å²) in [4.78, 5) is 11.7. The molecule has 0 atom stereocenters. The smallest absolute Gasteiger partial charge is 0.352 e. The van der Waals surface area contributed by atoms with Crippen molar-refractivity contribution in [3.05, 3.63) is 46.2 Å². The van der Waals surface area contributed by atoms with Crippen LogP contribution in [-0.2, 0) is 16.2 Å². The highest BCUT2D eigenvalue weighted by molar-refractivity contribution is 7.92. The summed E-state index contributed by atoms with van der Waals surface area (Å²) in [6.07, 6.45) is -4.57. The third-order valence-electron chi connectivity index (χ3n) is 2.89. The molecule has 130 valence electrons. The van der Waals surface area contributed by atoms with Crippen molar-refractivity contribution in [1.29, 1.82) is 0 Å². The molecule has 1 aromatic heterocycles. The van der Waals surface area contributed by atoms with Gasteiger partial charge in [0, 0.05) is 17.6 Å². The number of hydrogen-bond acceptors (Lipinski definition) is 4. The van der Waals surface area contributed by atoms with Crippen molar-refractivity contribution in [1.82, 2.24) is 5.32 Å². The second kappa shape index (κ2) is 6.81. The zero-order valence-electron chi connectivity index (χ0n) is 12.3. The van der Waals surface area contributed by atoms with E-state index in [4.69, 9.17) is 0 Å². The number of hydrogen-bond donors (Lipinski definition) is 2. The average Bonchev–Trinajstić information content (AvgIpc) is 2.97. The van der Waals surface area contributed by atoms with E-state index in [1.165, 1.54) is 17.5 Å². The van der Waals surface area contributed by atoms with Crippen LogP contribution in [-0.4, -0.2) is 20.9 Å². The molecule has 0 radical (unpaired) electrons. The number of benzene rings is 1. The predicted molar refractivity (Wildman–Crippen MR) is 84.6 cm³/mol. The highest BCUT2D eigenvalue weighted by atomic mass is 32.2. The van der Waals surface area contributed by atoms with Crippen LogP contribution in [0.4, 0.5) is 18.9 Å². The number of rotatable bonds is 5. The molecule has 1 heterocycles. The van der Waals surface area contributed by atoms with E-state index in [1.54, 1.807) is 6.92 Å². The number of nitrogens with one attached hydrogen (secondary N) is 2. The summed E-state index contributed by atoms with van der Waals surface area (Å²) in [5, 5.41) is 3.78. The first-order chi connectivity index (χ1) is 11.1. The van der Waals surface area contributed by atoms with Gasteiger partial charge in [0.2, 0.25) is 0 Å². The maximum atomic E-state index is 12.7. The molecule has 24 heavy (non-hydrogen) atoms. The third kappa shape index (κ3) is 4.26. The van der Waals surface area contributed by atoms with Gasteiger partial charge in [0.15, 0.2) is 0 Å². The Morgan fingerprint density at radius 3 is 2.58 bits per heavy atom. The monoisotopic (exact) mass is 378 g/mol. The van der Waals surface area contributed by atoms with Gasteiger partial charge in [0.1, 0.15) is 0 Å². The van der Waals surface area contributed by atoms with Crippen LogP contribution in [0.2, 0.25) is 0 Å². The average molecular weight is 378 g/mol. The van der Waals surface area contributed by atoms with Crippen LogP contribution in [0.1, 0.15) is 22.2 Å². The van der Waals surface area contributed by atoms with Crippen molar-refractivity contribution in [3.8, 4) is 0 Å². The quantitative estimate of drug-likeness (QED) is 0.838. The summed E-state index contributed by atoms with van der Waals surface area (Å²) in [6, 6.07) is 5.04. The molecule has 5 nitrogen and oxygen atoms in total. The Balaban J connectivity index is 2.25. The van der Waals surface area contributed by atoms with Gasteiger partial charge in [-0.3, -0.25) is 9.52 Å². The molecule has 2 N–H and O–H groups in total. The first-order valence-corrected chi connectivity index (χ1v) is 9.06. The molecule has 0 aliphatic rings. The molecule has 0 bridgehead atoms. The van der Waals surface area contributed by atoms with Gasteiger partial charge in [0.25, 0.3) is 15.9 Å². The molecule has 1 aromatic carbocycles. The van der Waals surface area contributed by atoms with Crippen LogP contribution in [0.15, 0.2) is 40.6 Å². The lowest BCUT2D eigenvalue weighted by Crippen LogP contribution is -2.21. The maximum Gasteiger partial charge on any atom is 0.416 e. The molecular weight excluding hydrogens is 365 g/mol. The Morgan fingerprint density at radius 1 is 1.25 bits per heavy atom. The predicted octanol–water partition coefficient (Wildman–Crippen LogP) is 3.32. The van der Waals surface area contributed by atoms with E-state index < -0.39 is 27.7 Å². The number of thiophene rings is 1. The summed E-state index contributed by atoms with van der Waals surface area (Å²) in [5.41, 5.74) is -1.17. The summed E-state index contributed by atoms with van der Waals surface area (Å²) in [7, 11) is -4.09. The molecule has 1 amide bonds. The van der Waals surface area contributed by atoms with Gasteiger partial charge in [-0.1, -0.05) is 6.07 Å². The van der Waals surface area contributed by atoms with Crippen LogP contribution >= 0.6 is 11.3 Å². The number of carbonyl (C=O) groups excluding carboxylic acids is 1. The lowest BCUT2D eigenvalue weighted by atomic mass is 10.2. The van der Waals surface area contributed by atoms with Crippen LogP contribution < -0.4 is 10.0 Å². The van der Waals surface area contributed by atoms with Crippen molar-refractivity contribution >= 4 is 33.0 Å². The normalized spacial score (nSPS) is 12.0. The highest BCUT2D eigenvalue weighted by Crippen LogP contribution is 2.31. The summed E-state index contributed by atoms with van der Waals surface area (Å²) in [5.74, 6) is -0.414. The van der Waals surface area contributed by atoms with Gasteiger partial charge in [-0.15, -0.1) is 11.3 Å². The van der Waals surface area contributed by atoms with Gasteiger partial charge < -0.3 is 5.32 Å². The fraction of sp³-hybridized carbons (Fsp3) is 0.214. The van der Waals surface area contributed by atoms with Gasteiger partial charge in [-0.2, -0.15) is 13.2 Å². The second-order valence-corrected chi connectivity index (χ2v) is 7.28. The van der Waals surface area contributed by atoms with Crippen LogP contribution in [0.25, 0.3) is 0 Å². The topological polar surface area (TPSA) is 75.3 Å². The highest BCUT2D eigenvalue weighted by Gasteiger charge is 2.30. The molecule has 0 aliphatic heterocycles. The lowest BCUT2D eigenvalue weighted by molar-refractivity contribution is -0.137. The van der Waals surface area contributed by atoms with Crippen molar-refractivity contribution < 1.29 is 26.4 Å². The first-order valence-electron chi connectivity index (χ1n) is 6.70. The Labute approximate surface area is 140 Å². The second-order valence-electron chi connectivity index (χ2n) is 4.69. The number of halogens is 3. The fourth-order valence-corrected chi connectivity index (χ4v) is 4.04. The molecular formula is C14H13F3N2O3S2. The van der Waals surface area contributed by atoms with Crippen LogP contribution in [0.3, 0.4) is 0 Å². The Kier molecular flexibility index (Phi) is 5.19. The zero-order chi connectivity index (χ0) is 18.0. The fourth-order valence-electron chi connectivity index (χ4n) is 1.80. The van der Waals surface area contributed by atoms with E-state index >= 15 is 0 Å². The Bertz CT molecular complexity index is 845. The number of alkyl halides is 3. The van der Waals surface area contributed by atoms with Crippen LogP contribution in [0, 0.1) is 0 Å². The minimum Gasteiger partial charge on any atom is -0.352 e. The van der Waals surface area contributed by atoms with Gasteiger partial charge >= 0.3 is 6.18 Å². The third-order valence-corrected chi connectivity index (χ3v) is 5.33. The number of anilines is 1. The standard InChI is InChI=1S/C14H13F3N2O3S2/c1-2-18-13(20)12-7-11(8-23-12)24(21,22)19-10-5-3-4-9(6-10)14(15,16)17/h3-8,19H,2H2,1H3,(H,18,20). The van der Waals surface area contributed by atoms with Gasteiger partial charge in [0.05, 0.1) is 15.3 Å². The number of sulfonamides is 1. The molecule has 10 heteroatoms. The van der Waals surface area contributed by atoms with E-state index in [-0.39, 0.29) is 15.5 Å². The van der Waals surface area contributed by atoms with E-state index in [0.29, 0.717) is 12.6 Å². The largest absolute Gasteiger partial charge is 0.416 e. The summed E-state index contributed by atoms with van der Waals surface area (Å²) < 4.78 is 64.6. The van der Waals surface area contributed by atoms with E-state index in [1.807, 2.05) is 0 Å². The van der Waals surface area contributed by atoms with E-state index in [0.717, 1.165) is 23.5 Å². The van der Waals surface area contributed by atoms with Crippen molar-refractivity contribution in [3.63, 3.8) is 0 Å². The molecule has 0 fully saturated rings. The molecule has 0 unspecified atom stereocenters. The molecule has 0 spiro atoms. The van der Waals surface area contributed by atoms with Gasteiger partial charge in [-0.25, -0.2) is 8.42 Å². The molecule has 2 rings (SSSR count). The minimum absolute atomic E-state index is 0.189. The van der Waals surface area contributed by atoms with Gasteiger partial charge in [-0.05, 0) is 31.2 Å². The van der Waals surface area contributed by atoms with Crippen molar-refractivity contribution in [2.75, 3.05) is 11.3 Å². The number of amides is 1. The number of carbonyl (C=O) groups is 1. The molecule has 0 aliphatic carbocycles. The Morgan fingerprint density at radius 2 is 1.96 bits per heavy atom. The zero-order valence-corrected chi connectivity index (χ0v) is 14.0. The van der Waals surface area contributed by atoms with Crippen LogP contribution in [0.5, 0.6) is 0 Å². The SMILES string of the molecule is CCNC(=O)c1cc(S(=O)(=O)Nc2cccc(C(F)(F)F)c2)cs1. The van der Waals surface area contributed by atoms with E-state index in [2.05, 4.69) is 10.0 Å². The molecule has 0 saturated heterocycles. The molecule has 0 saturated carbocycles. The Hall–Kier alpha value is -2.07. The summed E-state index contributed by atoms with van der Waals surface area (Å²) >= 11 is 0.931. The maximum absolute atomic E-state index is 12.7. The molecule has 2 aromatic rings.